The molecule has 30 heavy (non-hydrogen) atoms. The average Bonchev–Trinajstić information content (AvgIpc) is 3.35. The minimum Gasteiger partial charge on any atom is -0.497 e. The van der Waals surface area contributed by atoms with Gasteiger partial charge in [0, 0.05) is 18.5 Å². The molecule has 1 saturated heterocycles. The molecule has 0 radical (unpaired) electrons. The maximum absolute atomic E-state index is 12.2. The van der Waals surface area contributed by atoms with E-state index in [0.29, 0.717) is 5.95 Å². The average molecular weight is 401 g/mol. The minimum absolute atomic E-state index is 0.103. The lowest BCUT2D eigenvalue weighted by Gasteiger charge is -2.24. The van der Waals surface area contributed by atoms with Crippen LogP contribution in [0.2, 0.25) is 0 Å². The lowest BCUT2D eigenvalue weighted by Crippen LogP contribution is -2.29. The van der Waals surface area contributed by atoms with Gasteiger partial charge in [-0.3, -0.25) is 9.59 Å². The summed E-state index contributed by atoms with van der Waals surface area (Å²) in [7, 11) is 1.62. The van der Waals surface area contributed by atoms with Crippen molar-refractivity contribution < 1.29 is 14.3 Å². The predicted molar refractivity (Wildman–Crippen MR) is 111 cm³/mol. The van der Waals surface area contributed by atoms with E-state index in [0.717, 1.165) is 27.5 Å². The van der Waals surface area contributed by atoms with Crippen molar-refractivity contribution in [3.05, 3.63) is 71.8 Å². The van der Waals surface area contributed by atoms with Gasteiger partial charge in [0.15, 0.2) is 0 Å². The molecule has 5 rings (SSSR count). The topological polar surface area (TPSA) is 89.3 Å². The molecule has 1 N–H and O–H groups in total. The number of aromatic nitrogens is 3. The summed E-state index contributed by atoms with van der Waals surface area (Å²) in [5.74, 6) is 0.777. The van der Waals surface area contributed by atoms with Crippen LogP contribution in [-0.2, 0) is 9.59 Å². The van der Waals surface area contributed by atoms with Crippen molar-refractivity contribution >= 4 is 29.4 Å². The molecule has 8 heteroatoms. The standard InChI is InChI=1S/C22H19N5O3/c1-30-16-9-7-15(8-10-16)18-13-17(14-5-3-2-4-6-14)23-21-24-22(25-27(18)21)26-19(28)11-12-20(26)29/h2-10,13,18H,11-12H2,1H3,(H,23,24,25)/t18-/m0/s1. The van der Waals surface area contributed by atoms with Crippen molar-refractivity contribution in [1.29, 1.82) is 0 Å². The lowest BCUT2D eigenvalue weighted by molar-refractivity contribution is -0.121. The highest BCUT2D eigenvalue weighted by Gasteiger charge is 2.35. The minimum atomic E-state index is -0.278. The summed E-state index contributed by atoms with van der Waals surface area (Å²) in [5, 5.41) is 7.80. The Balaban J connectivity index is 1.60. The van der Waals surface area contributed by atoms with E-state index in [1.54, 1.807) is 11.8 Å². The molecule has 8 nitrogen and oxygen atoms in total. The molecule has 0 aliphatic carbocycles. The highest BCUT2D eigenvalue weighted by Crippen LogP contribution is 2.34. The Hall–Kier alpha value is -3.94. The number of imide groups is 1. The number of nitrogens with one attached hydrogen (secondary N) is 1. The van der Waals surface area contributed by atoms with Crippen LogP contribution in [0.25, 0.3) is 5.70 Å². The second-order valence-electron chi connectivity index (χ2n) is 7.09. The van der Waals surface area contributed by atoms with Crippen LogP contribution in [0.1, 0.15) is 30.0 Å². The van der Waals surface area contributed by atoms with Gasteiger partial charge in [0.25, 0.3) is 5.95 Å². The van der Waals surface area contributed by atoms with Crippen molar-refractivity contribution in [2.75, 3.05) is 17.3 Å². The Kier molecular flexibility index (Phi) is 4.31. The van der Waals surface area contributed by atoms with Gasteiger partial charge in [-0.25, -0.2) is 9.58 Å². The van der Waals surface area contributed by atoms with Crippen LogP contribution < -0.4 is 15.0 Å². The molecule has 1 aromatic heterocycles. The fourth-order valence-electron chi connectivity index (χ4n) is 3.70. The van der Waals surface area contributed by atoms with Crippen molar-refractivity contribution in [3.63, 3.8) is 0 Å². The van der Waals surface area contributed by atoms with Gasteiger partial charge in [-0.1, -0.05) is 42.5 Å². The third-order valence-electron chi connectivity index (χ3n) is 5.25. The molecule has 0 bridgehead atoms. The zero-order chi connectivity index (χ0) is 20.7. The van der Waals surface area contributed by atoms with Gasteiger partial charge in [0.2, 0.25) is 17.8 Å². The number of rotatable bonds is 4. The lowest BCUT2D eigenvalue weighted by atomic mass is 10.0. The summed E-state index contributed by atoms with van der Waals surface area (Å²) >= 11 is 0. The van der Waals surface area contributed by atoms with Crippen LogP contribution in [0, 0.1) is 0 Å². The molecule has 1 fully saturated rings. The molecule has 0 unspecified atom stereocenters. The number of allylic oxidation sites excluding steroid dienone is 1. The van der Waals surface area contributed by atoms with Gasteiger partial charge in [-0.2, -0.15) is 4.98 Å². The highest BCUT2D eigenvalue weighted by atomic mass is 16.5. The Morgan fingerprint density at radius 3 is 2.37 bits per heavy atom. The smallest absolute Gasteiger partial charge is 0.260 e. The molecule has 0 spiro atoms. The molecule has 3 aromatic rings. The maximum Gasteiger partial charge on any atom is 0.260 e. The van der Waals surface area contributed by atoms with Crippen molar-refractivity contribution in [2.45, 2.75) is 18.9 Å². The first kappa shape index (κ1) is 18.1. The van der Waals surface area contributed by atoms with E-state index >= 15 is 0 Å². The molecule has 2 amide bonds. The first-order chi connectivity index (χ1) is 14.6. The first-order valence-electron chi connectivity index (χ1n) is 9.64. The van der Waals surface area contributed by atoms with Gasteiger partial charge in [-0.05, 0) is 29.3 Å². The van der Waals surface area contributed by atoms with Crippen LogP contribution in [0.3, 0.4) is 0 Å². The molecule has 2 aliphatic heterocycles. The number of hydrogen-bond donors (Lipinski definition) is 1. The van der Waals surface area contributed by atoms with E-state index in [4.69, 9.17) is 4.74 Å². The van der Waals surface area contributed by atoms with Gasteiger partial charge in [-0.15, -0.1) is 5.10 Å². The van der Waals surface area contributed by atoms with E-state index in [9.17, 15) is 9.59 Å². The molecule has 2 aliphatic rings. The van der Waals surface area contributed by atoms with Crippen LogP contribution >= 0.6 is 0 Å². The van der Waals surface area contributed by atoms with Gasteiger partial charge < -0.3 is 10.1 Å². The number of nitrogens with zero attached hydrogens (tertiary/aromatic N) is 4. The molecular weight excluding hydrogens is 382 g/mol. The Bertz CT molecular complexity index is 1140. The highest BCUT2D eigenvalue weighted by molar-refractivity contribution is 6.18. The van der Waals surface area contributed by atoms with Gasteiger partial charge in [0.05, 0.1) is 7.11 Å². The zero-order valence-corrected chi connectivity index (χ0v) is 16.3. The summed E-state index contributed by atoms with van der Waals surface area (Å²) in [5.41, 5.74) is 2.85. The number of anilines is 2. The number of hydrogen-bond acceptors (Lipinski definition) is 6. The monoisotopic (exact) mass is 401 g/mol. The summed E-state index contributed by atoms with van der Waals surface area (Å²) < 4.78 is 6.96. The molecular formula is C22H19N5O3. The Labute approximate surface area is 172 Å². The molecule has 150 valence electrons. The summed E-state index contributed by atoms with van der Waals surface area (Å²) in [4.78, 5) is 29.9. The van der Waals surface area contributed by atoms with E-state index in [2.05, 4.69) is 21.5 Å². The maximum atomic E-state index is 12.2. The van der Waals surface area contributed by atoms with Crippen molar-refractivity contribution in [1.82, 2.24) is 14.8 Å². The van der Waals surface area contributed by atoms with E-state index < -0.39 is 0 Å². The molecule has 0 saturated carbocycles. The fourth-order valence-corrected chi connectivity index (χ4v) is 3.70. The number of benzene rings is 2. The number of fused-ring (bicyclic) bond motifs is 1. The largest absolute Gasteiger partial charge is 0.497 e. The number of carbonyl (C=O) groups is 2. The third kappa shape index (κ3) is 3.02. The predicted octanol–water partition coefficient (Wildman–Crippen LogP) is 3.00. The number of carbonyl (C=O) groups excluding carboxylic acids is 2. The normalized spacial score (nSPS) is 18.1. The molecule has 1 atom stereocenters. The number of amides is 2. The zero-order valence-electron chi connectivity index (χ0n) is 16.3. The van der Waals surface area contributed by atoms with E-state index in [1.807, 2.05) is 54.6 Å². The van der Waals surface area contributed by atoms with Crippen LogP contribution in [-0.4, -0.2) is 33.7 Å². The Morgan fingerprint density at radius 1 is 1.00 bits per heavy atom. The van der Waals surface area contributed by atoms with E-state index in [-0.39, 0.29) is 36.6 Å². The number of ether oxygens (including phenoxy) is 1. The van der Waals surface area contributed by atoms with Gasteiger partial charge in [0.1, 0.15) is 11.8 Å². The summed E-state index contributed by atoms with van der Waals surface area (Å²) in [6, 6.07) is 17.3. The Morgan fingerprint density at radius 2 is 1.70 bits per heavy atom. The summed E-state index contributed by atoms with van der Waals surface area (Å²) in [6.07, 6.45) is 2.42. The van der Waals surface area contributed by atoms with E-state index in [1.165, 1.54) is 0 Å². The fraction of sp³-hybridized carbons (Fsp3) is 0.182. The summed E-state index contributed by atoms with van der Waals surface area (Å²) in [6.45, 7) is 0. The van der Waals surface area contributed by atoms with Crippen molar-refractivity contribution in [2.24, 2.45) is 0 Å². The van der Waals surface area contributed by atoms with Crippen LogP contribution in [0.4, 0.5) is 11.9 Å². The first-order valence-corrected chi connectivity index (χ1v) is 9.64. The number of methoxy groups -OCH3 is 1. The second-order valence-corrected chi connectivity index (χ2v) is 7.09. The van der Waals surface area contributed by atoms with Crippen molar-refractivity contribution in [3.8, 4) is 5.75 Å². The SMILES string of the molecule is COc1ccc([C@@H]2C=C(c3ccccc3)Nc3nc(N4C(=O)CCC4=O)nn32)cc1. The molecule has 3 heterocycles. The van der Waals surface area contributed by atoms with Gasteiger partial charge >= 0.3 is 0 Å². The van der Waals surface area contributed by atoms with Crippen LogP contribution in [0.5, 0.6) is 5.75 Å². The molecule has 2 aromatic carbocycles. The third-order valence-corrected chi connectivity index (χ3v) is 5.25. The van der Waals surface area contributed by atoms with Crippen LogP contribution in [0.15, 0.2) is 60.7 Å². The second kappa shape index (κ2) is 7.14. The quantitative estimate of drug-likeness (QED) is 0.676.